The van der Waals surface area contributed by atoms with Crippen molar-refractivity contribution in [2.45, 2.75) is 6.54 Å². The summed E-state index contributed by atoms with van der Waals surface area (Å²) in [5.41, 5.74) is 1.24. The molecule has 4 nitrogen and oxygen atoms in total. The molecular weight excluding hydrogens is 422 g/mol. The standard InChI is InChI=1S/C17H22BrN3O.BrH/c1-20(2)10-11-21(17-9-6-15(18)12-19-17)13-14-4-7-16(22-3)8-5-14;/h4-9,12H,10-11,13H2,1-3H3;1H. The van der Waals surface area contributed by atoms with E-state index in [1.165, 1.54) is 5.56 Å². The topological polar surface area (TPSA) is 28.6 Å². The third kappa shape index (κ3) is 6.49. The SMILES string of the molecule is Br.COc1ccc(CN(CCN(C)C)c2ccc(Br)cn2)cc1. The summed E-state index contributed by atoms with van der Waals surface area (Å²) in [6.07, 6.45) is 1.84. The van der Waals surface area contributed by atoms with Crippen molar-refractivity contribution < 1.29 is 4.74 Å². The van der Waals surface area contributed by atoms with Crippen LogP contribution in [0.25, 0.3) is 0 Å². The summed E-state index contributed by atoms with van der Waals surface area (Å²) in [6, 6.07) is 12.3. The van der Waals surface area contributed by atoms with Crippen LogP contribution in [0.3, 0.4) is 0 Å². The molecule has 0 aliphatic heterocycles. The molecule has 0 aliphatic rings. The second kappa shape index (κ2) is 9.90. The highest BCUT2D eigenvalue weighted by atomic mass is 79.9. The van der Waals surface area contributed by atoms with Gasteiger partial charge in [0.1, 0.15) is 11.6 Å². The number of benzene rings is 1. The molecule has 0 aliphatic carbocycles. The van der Waals surface area contributed by atoms with E-state index in [-0.39, 0.29) is 17.0 Å². The number of rotatable bonds is 7. The van der Waals surface area contributed by atoms with Gasteiger partial charge in [0.2, 0.25) is 0 Å². The Hall–Kier alpha value is -1.11. The van der Waals surface area contributed by atoms with E-state index in [1.807, 2.05) is 30.5 Å². The van der Waals surface area contributed by atoms with Crippen LogP contribution in [0.5, 0.6) is 5.75 Å². The zero-order valence-electron chi connectivity index (χ0n) is 13.7. The number of nitrogens with zero attached hydrogens (tertiary/aromatic N) is 3. The molecular formula is C17H23Br2N3O. The van der Waals surface area contributed by atoms with Crippen molar-refractivity contribution in [1.82, 2.24) is 9.88 Å². The molecule has 0 radical (unpaired) electrons. The Morgan fingerprint density at radius 1 is 1.04 bits per heavy atom. The van der Waals surface area contributed by atoms with E-state index >= 15 is 0 Å². The zero-order valence-corrected chi connectivity index (χ0v) is 17.0. The summed E-state index contributed by atoms with van der Waals surface area (Å²) in [6.45, 7) is 2.73. The van der Waals surface area contributed by atoms with Gasteiger partial charge in [0.15, 0.2) is 0 Å². The molecule has 1 aromatic heterocycles. The van der Waals surface area contributed by atoms with Gasteiger partial charge in [0.05, 0.1) is 7.11 Å². The maximum atomic E-state index is 5.21. The van der Waals surface area contributed by atoms with E-state index in [0.29, 0.717) is 0 Å². The molecule has 0 bridgehead atoms. The maximum absolute atomic E-state index is 5.21. The number of aromatic nitrogens is 1. The molecule has 0 saturated heterocycles. The van der Waals surface area contributed by atoms with Crippen LogP contribution in [-0.4, -0.2) is 44.2 Å². The second-order valence-electron chi connectivity index (χ2n) is 5.41. The van der Waals surface area contributed by atoms with Gasteiger partial charge in [0.25, 0.3) is 0 Å². The summed E-state index contributed by atoms with van der Waals surface area (Å²) in [7, 11) is 5.85. The van der Waals surface area contributed by atoms with Crippen LogP contribution in [0, 0.1) is 0 Å². The third-order valence-corrected chi connectivity index (χ3v) is 3.85. The normalized spacial score (nSPS) is 10.3. The fourth-order valence-electron chi connectivity index (χ4n) is 2.10. The molecule has 0 unspecified atom stereocenters. The van der Waals surface area contributed by atoms with Crippen LogP contribution < -0.4 is 9.64 Å². The molecule has 1 aromatic carbocycles. The van der Waals surface area contributed by atoms with Gasteiger partial charge in [-0.05, 0) is 59.9 Å². The Labute approximate surface area is 157 Å². The monoisotopic (exact) mass is 443 g/mol. The number of pyridine rings is 1. The molecule has 0 saturated carbocycles. The van der Waals surface area contributed by atoms with E-state index in [0.717, 1.165) is 35.7 Å². The van der Waals surface area contributed by atoms with Gasteiger partial charge in [-0.2, -0.15) is 0 Å². The molecule has 0 fully saturated rings. The molecule has 0 atom stereocenters. The fourth-order valence-corrected chi connectivity index (χ4v) is 2.34. The van der Waals surface area contributed by atoms with Gasteiger partial charge in [-0.25, -0.2) is 4.98 Å². The number of methoxy groups -OCH3 is 1. The lowest BCUT2D eigenvalue weighted by molar-refractivity contribution is 0.411. The Morgan fingerprint density at radius 3 is 2.26 bits per heavy atom. The smallest absolute Gasteiger partial charge is 0.128 e. The summed E-state index contributed by atoms with van der Waals surface area (Å²) in [5, 5.41) is 0. The molecule has 0 N–H and O–H groups in total. The number of likely N-dealkylation sites (N-methyl/N-ethyl adjacent to an activating group) is 1. The Balaban J connectivity index is 0.00000264. The quantitative estimate of drug-likeness (QED) is 0.645. The first-order valence-corrected chi connectivity index (χ1v) is 8.02. The van der Waals surface area contributed by atoms with Crippen molar-refractivity contribution in [3.63, 3.8) is 0 Å². The number of halogens is 2. The van der Waals surface area contributed by atoms with Gasteiger partial charge in [-0.3, -0.25) is 0 Å². The lowest BCUT2D eigenvalue weighted by Crippen LogP contribution is -2.31. The first-order chi connectivity index (χ1) is 10.6. The van der Waals surface area contributed by atoms with E-state index in [9.17, 15) is 0 Å². The molecule has 23 heavy (non-hydrogen) atoms. The van der Waals surface area contributed by atoms with Crippen LogP contribution >= 0.6 is 32.9 Å². The summed E-state index contributed by atoms with van der Waals surface area (Å²) in [4.78, 5) is 8.99. The predicted octanol–water partition coefficient (Wildman–Crippen LogP) is 4.00. The molecule has 0 amide bonds. The number of hydrogen-bond acceptors (Lipinski definition) is 4. The predicted molar refractivity (Wildman–Crippen MR) is 105 cm³/mol. The van der Waals surface area contributed by atoms with E-state index in [2.05, 4.69) is 56.9 Å². The molecule has 1 heterocycles. The molecule has 2 rings (SSSR count). The summed E-state index contributed by atoms with van der Waals surface area (Å²) in [5.74, 6) is 1.87. The van der Waals surface area contributed by atoms with Gasteiger partial charge in [0, 0.05) is 30.3 Å². The van der Waals surface area contributed by atoms with Crippen molar-refractivity contribution in [2.24, 2.45) is 0 Å². The Kier molecular flexibility index (Phi) is 8.58. The van der Waals surface area contributed by atoms with Crippen LogP contribution in [0.15, 0.2) is 47.1 Å². The van der Waals surface area contributed by atoms with Gasteiger partial charge < -0.3 is 14.5 Å². The number of anilines is 1. The van der Waals surface area contributed by atoms with Gasteiger partial charge in [-0.1, -0.05) is 12.1 Å². The van der Waals surface area contributed by atoms with E-state index in [4.69, 9.17) is 4.74 Å². The number of hydrogen-bond donors (Lipinski definition) is 0. The van der Waals surface area contributed by atoms with Crippen LogP contribution in [-0.2, 0) is 6.54 Å². The van der Waals surface area contributed by atoms with Crippen molar-refractivity contribution in [3.05, 3.63) is 52.6 Å². The number of ether oxygens (including phenoxy) is 1. The van der Waals surface area contributed by atoms with Crippen molar-refractivity contribution >= 4 is 38.7 Å². The van der Waals surface area contributed by atoms with E-state index < -0.39 is 0 Å². The molecule has 126 valence electrons. The minimum Gasteiger partial charge on any atom is -0.497 e. The summed E-state index contributed by atoms with van der Waals surface area (Å²) < 4.78 is 6.21. The van der Waals surface area contributed by atoms with Gasteiger partial charge >= 0.3 is 0 Å². The fraction of sp³-hybridized carbons (Fsp3) is 0.353. The molecule has 6 heteroatoms. The molecule has 2 aromatic rings. The van der Waals surface area contributed by atoms with Gasteiger partial charge in [-0.15, -0.1) is 17.0 Å². The lowest BCUT2D eigenvalue weighted by atomic mass is 10.2. The van der Waals surface area contributed by atoms with Crippen molar-refractivity contribution in [1.29, 1.82) is 0 Å². The Morgan fingerprint density at radius 2 is 1.74 bits per heavy atom. The lowest BCUT2D eigenvalue weighted by Gasteiger charge is -2.25. The van der Waals surface area contributed by atoms with Crippen LogP contribution in [0.4, 0.5) is 5.82 Å². The first-order valence-electron chi connectivity index (χ1n) is 7.22. The largest absolute Gasteiger partial charge is 0.497 e. The average Bonchev–Trinajstić information content (AvgIpc) is 2.53. The van der Waals surface area contributed by atoms with Crippen molar-refractivity contribution in [3.8, 4) is 5.75 Å². The summed E-state index contributed by atoms with van der Waals surface area (Å²) >= 11 is 3.44. The highest BCUT2D eigenvalue weighted by Crippen LogP contribution is 2.19. The minimum absolute atomic E-state index is 0. The minimum atomic E-state index is 0. The van der Waals surface area contributed by atoms with Crippen LogP contribution in [0.2, 0.25) is 0 Å². The van der Waals surface area contributed by atoms with E-state index in [1.54, 1.807) is 7.11 Å². The maximum Gasteiger partial charge on any atom is 0.128 e. The highest BCUT2D eigenvalue weighted by molar-refractivity contribution is 9.10. The molecule has 0 spiro atoms. The van der Waals surface area contributed by atoms with Crippen LogP contribution in [0.1, 0.15) is 5.56 Å². The Bertz CT molecular complexity index is 573. The third-order valence-electron chi connectivity index (χ3n) is 3.39. The second-order valence-corrected chi connectivity index (χ2v) is 6.32. The van der Waals surface area contributed by atoms with Crippen molar-refractivity contribution in [2.75, 3.05) is 39.2 Å². The average molecular weight is 445 g/mol. The highest BCUT2D eigenvalue weighted by Gasteiger charge is 2.09. The zero-order chi connectivity index (χ0) is 15.9. The first kappa shape index (κ1) is 19.9.